The predicted molar refractivity (Wildman–Crippen MR) is 125 cm³/mol. The van der Waals surface area contributed by atoms with Crippen LogP contribution in [0.2, 0.25) is 0 Å². The summed E-state index contributed by atoms with van der Waals surface area (Å²) in [5.41, 5.74) is 10.3. The molecule has 1 amide bonds. The first-order valence-corrected chi connectivity index (χ1v) is 12.1. The molecule has 0 saturated carbocycles. The zero-order valence-corrected chi connectivity index (χ0v) is 21.0. The van der Waals surface area contributed by atoms with Gasteiger partial charge in [-0.05, 0) is 0 Å². The van der Waals surface area contributed by atoms with Crippen molar-refractivity contribution in [2.45, 2.75) is 11.3 Å². The first kappa shape index (κ1) is 22.2. The number of pyridine rings is 1. The van der Waals surface area contributed by atoms with Crippen molar-refractivity contribution in [1.82, 2.24) is 14.5 Å². The predicted octanol–water partition coefficient (Wildman–Crippen LogP) is 3.86. The van der Waals surface area contributed by atoms with Crippen molar-refractivity contribution in [2.75, 3.05) is 11.1 Å². The number of aryl methyl sites for hydroxylation is 1. The van der Waals surface area contributed by atoms with Crippen molar-refractivity contribution in [3.8, 4) is 11.3 Å². The summed E-state index contributed by atoms with van der Waals surface area (Å²) in [7, 11) is 1.98. The van der Waals surface area contributed by atoms with Crippen molar-refractivity contribution >= 4 is 32.4 Å². The number of amides is 1. The number of aromatic nitrogens is 3. The molecule has 4 aromatic rings. The maximum absolute atomic E-state index is 12.5. The standard InChI is InChI=1S/C24H20N5OS.W/c1-29-16-27-24(21(29)15-31-20-10-11-26-22(25)14-20)18-8-5-9-19(13-18)28-23(30)12-17-6-3-2-4-7-17;/h2-11,13,16H,12H2,1H3,(H2,25,26)(H,28,30);/q-1;. The Labute approximate surface area is 201 Å². The first-order chi connectivity index (χ1) is 15.5. The van der Waals surface area contributed by atoms with Crippen LogP contribution < -0.4 is 11.1 Å². The number of nitrogens with one attached hydrogen (secondary N) is 1. The van der Waals surface area contributed by atoms with Gasteiger partial charge in [-0.2, -0.15) is 0 Å². The van der Waals surface area contributed by atoms with Gasteiger partial charge in [0.1, 0.15) is 0 Å². The second-order valence-electron chi connectivity index (χ2n) is 7.05. The van der Waals surface area contributed by atoms with E-state index in [9.17, 15) is 4.79 Å². The summed E-state index contributed by atoms with van der Waals surface area (Å²) < 4.78 is 3.15. The van der Waals surface area contributed by atoms with Crippen LogP contribution in [0, 0.1) is 6.07 Å². The SMILES string of the molecule is Cn1cnc(-c2cccc(NC(=O)Cc3ccccc3)c2)c1[C](=[W])Sc1[c-]c(N)ncc1. The summed E-state index contributed by atoms with van der Waals surface area (Å²) >= 11 is 2.91. The molecule has 2 aromatic heterocycles. The number of nitrogens with two attached hydrogens (primary N) is 1. The third-order valence-corrected chi connectivity index (χ3v) is 7.08. The summed E-state index contributed by atoms with van der Waals surface area (Å²) in [6, 6.07) is 22.4. The summed E-state index contributed by atoms with van der Waals surface area (Å²) in [6.45, 7) is 0. The van der Waals surface area contributed by atoms with E-state index in [0.29, 0.717) is 12.2 Å². The molecule has 2 heterocycles. The van der Waals surface area contributed by atoms with Crippen molar-refractivity contribution in [2.24, 2.45) is 7.05 Å². The van der Waals surface area contributed by atoms with Crippen LogP contribution in [0.5, 0.6) is 0 Å². The number of carbonyl (C=O) groups is 1. The Bertz CT molecular complexity index is 1270. The second-order valence-corrected chi connectivity index (χ2v) is 10.6. The summed E-state index contributed by atoms with van der Waals surface area (Å²) in [6.07, 6.45) is 3.82. The average Bonchev–Trinajstić information content (AvgIpc) is 3.16. The van der Waals surface area contributed by atoms with Crippen molar-refractivity contribution < 1.29 is 24.1 Å². The Balaban J connectivity index is 1.54. The monoisotopic (exact) mass is 610 g/mol. The van der Waals surface area contributed by atoms with E-state index in [0.717, 1.165) is 36.3 Å². The van der Waals surface area contributed by atoms with E-state index in [1.54, 1.807) is 24.3 Å². The molecule has 160 valence electrons. The fourth-order valence-corrected chi connectivity index (χ4v) is 5.86. The molecule has 0 fully saturated rings. The summed E-state index contributed by atoms with van der Waals surface area (Å²) in [5, 5.41) is 3.00. The molecule has 0 aliphatic carbocycles. The van der Waals surface area contributed by atoms with Gasteiger partial charge in [0.15, 0.2) is 0 Å². The van der Waals surface area contributed by atoms with Gasteiger partial charge in [-0.1, -0.05) is 6.07 Å². The Hall–Kier alpha value is -3.02. The zero-order chi connectivity index (χ0) is 22.5. The Morgan fingerprint density at radius 2 is 1.97 bits per heavy atom. The molecule has 0 radical (unpaired) electrons. The van der Waals surface area contributed by atoms with Gasteiger partial charge in [0.2, 0.25) is 0 Å². The van der Waals surface area contributed by atoms with E-state index >= 15 is 0 Å². The minimum atomic E-state index is -0.0526. The molecular formula is C24H20N5OSW-. The van der Waals surface area contributed by atoms with E-state index in [2.05, 4.69) is 21.4 Å². The van der Waals surface area contributed by atoms with Crippen LogP contribution in [0.3, 0.4) is 0 Å². The molecule has 0 atom stereocenters. The van der Waals surface area contributed by atoms with Crippen LogP contribution in [0.15, 0.2) is 78.1 Å². The molecule has 0 bridgehead atoms. The van der Waals surface area contributed by atoms with E-state index in [-0.39, 0.29) is 5.91 Å². The maximum atomic E-state index is 12.5. The topological polar surface area (TPSA) is 85.8 Å². The number of hydrogen-bond acceptors (Lipinski definition) is 5. The number of anilines is 2. The molecule has 4 rings (SSSR count). The Morgan fingerprint density at radius 3 is 2.75 bits per heavy atom. The van der Waals surface area contributed by atoms with Crippen LogP contribution in [0.4, 0.5) is 11.5 Å². The van der Waals surface area contributed by atoms with Gasteiger partial charge in [-0.25, -0.2) is 0 Å². The van der Waals surface area contributed by atoms with E-state index in [1.165, 1.54) is 19.4 Å². The van der Waals surface area contributed by atoms with Crippen molar-refractivity contribution in [3.63, 3.8) is 0 Å². The fourth-order valence-electron chi connectivity index (χ4n) is 3.21. The fraction of sp³-hybridized carbons (Fsp3) is 0.0833. The van der Waals surface area contributed by atoms with Gasteiger partial charge >= 0.3 is 196 Å². The number of nitrogens with zero attached hydrogens (tertiary/aromatic N) is 3. The van der Waals surface area contributed by atoms with Gasteiger partial charge in [0, 0.05) is 0 Å². The second kappa shape index (κ2) is 10.1. The first-order valence-electron chi connectivity index (χ1n) is 9.81. The van der Waals surface area contributed by atoms with Gasteiger partial charge < -0.3 is 0 Å². The van der Waals surface area contributed by atoms with E-state index < -0.39 is 0 Å². The number of carbonyl (C=O) groups excluding carboxylic acids is 1. The third kappa shape index (κ3) is 5.42. The van der Waals surface area contributed by atoms with Crippen LogP contribution >= 0.6 is 11.8 Å². The van der Waals surface area contributed by atoms with E-state index in [4.69, 9.17) is 5.73 Å². The third-order valence-electron chi connectivity index (χ3n) is 4.65. The molecule has 8 heteroatoms. The number of imidazole rings is 1. The quantitative estimate of drug-likeness (QED) is 0.245. The number of nitrogen functional groups attached to an aromatic ring is 1. The van der Waals surface area contributed by atoms with Gasteiger partial charge in [0.25, 0.3) is 0 Å². The molecule has 0 saturated heterocycles. The zero-order valence-electron chi connectivity index (χ0n) is 17.3. The van der Waals surface area contributed by atoms with Gasteiger partial charge in [0.05, 0.1) is 0 Å². The number of benzene rings is 2. The van der Waals surface area contributed by atoms with Gasteiger partial charge in [-0.3, -0.25) is 0 Å². The molecular weight excluding hydrogens is 590 g/mol. The summed E-state index contributed by atoms with van der Waals surface area (Å²) in [5.74, 6) is 0.324. The van der Waals surface area contributed by atoms with Crippen LogP contribution in [-0.2, 0) is 37.6 Å². The van der Waals surface area contributed by atoms with Crippen molar-refractivity contribution in [1.29, 1.82) is 0 Å². The van der Waals surface area contributed by atoms with E-state index in [1.807, 2.05) is 72.3 Å². The molecule has 32 heavy (non-hydrogen) atoms. The van der Waals surface area contributed by atoms with Crippen LogP contribution in [-0.4, -0.2) is 23.7 Å². The molecule has 0 unspecified atom stereocenters. The molecule has 2 aromatic carbocycles. The normalized spacial score (nSPS) is 10.7. The van der Waals surface area contributed by atoms with Crippen LogP contribution in [0.25, 0.3) is 11.3 Å². The molecule has 3 N–H and O–H groups in total. The molecule has 0 aliphatic heterocycles. The molecule has 6 nitrogen and oxygen atoms in total. The van der Waals surface area contributed by atoms with Crippen molar-refractivity contribution in [3.05, 3.63) is 90.5 Å². The van der Waals surface area contributed by atoms with Crippen LogP contribution in [0.1, 0.15) is 11.3 Å². The Morgan fingerprint density at radius 1 is 1.16 bits per heavy atom. The number of thioether (sulfide) groups is 1. The van der Waals surface area contributed by atoms with Gasteiger partial charge in [-0.15, -0.1) is 0 Å². The minimum absolute atomic E-state index is 0.0526. The number of rotatable bonds is 7. The average molecular weight is 610 g/mol. The molecule has 0 spiro atoms. The summed E-state index contributed by atoms with van der Waals surface area (Å²) in [4.78, 5) is 22.0. The molecule has 0 aliphatic rings. The Kier molecular flexibility index (Phi) is 6.98. The number of hydrogen-bond donors (Lipinski definition) is 2.